The van der Waals surface area contributed by atoms with Crippen molar-refractivity contribution in [1.29, 1.82) is 0 Å². The molecule has 0 spiro atoms. The lowest BCUT2D eigenvalue weighted by Gasteiger charge is -2.13. The molecule has 4 rings (SSSR count). The highest BCUT2D eigenvalue weighted by Crippen LogP contribution is 2.37. The smallest absolute Gasteiger partial charge is 0.258 e. The number of methoxy groups -OCH3 is 2. The maximum atomic E-state index is 14.7. The molecule has 1 amide bonds. The Labute approximate surface area is 182 Å². The van der Waals surface area contributed by atoms with Gasteiger partial charge in [-0.3, -0.25) is 9.78 Å². The highest BCUT2D eigenvalue weighted by Gasteiger charge is 2.15. The summed E-state index contributed by atoms with van der Waals surface area (Å²) >= 11 is 0. The number of nitrogens with zero attached hydrogens (tertiary/aromatic N) is 1. The number of carbonyl (C=O) groups is 1. The van der Waals surface area contributed by atoms with Gasteiger partial charge >= 0.3 is 0 Å². The molecular formula is C24H17F2N2O4. The molecule has 3 aromatic carbocycles. The second-order valence-electron chi connectivity index (χ2n) is 6.63. The van der Waals surface area contributed by atoms with Crippen LogP contribution in [0.3, 0.4) is 0 Å². The number of anilines is 1. The Morgan fingerprint density at radius 2 is 1.75 bits per heavy atom. The molecule has 0 saturated heterocycles. The van der Waals surface area contributed by atoms with Gasteiger partial charge in [-0.05, 0) is 30.3 Å². The summed E-state index contributed by atoms with van der Waals surface area (Å²) in [5.74, 6) is -0.952. The fraction of sp³-hybridized carbons (Fsp3) is 0.0833. The van der Waals surface area contributed by atoms with E-state index < -0.39 is 17.5 Å². The summed E-state index contributed by atoms with van der Waals surface area (Å²) in [4.78, 5) is 16.5. The molecule has 0 aliphatic heterocycles. The summed E-state index contributed by atoms with van der Waals surface area (Å²) < 4.78 is 44.8. The van der Waals surface area contributed by atoms with Crippen LogP contribution in [0, 0.1) is 17.7 Å². The molecule has 6 nitrogen and oxygen atoms in total. The number of fused-ring (bicyclic) bond motifs is 1. The number of rotatable bonds is 6. The molecule has 0 aliphatic rings. The van der Waals surface area contributed by atoms with E-state index in [1.165, 1.54) is 50.7 Å². The molecule has 8 heteroatoms. The van der Waals surface area contributed by atoms with Crippen LogP contribution in [0.4, 0.5) is 14.5 Å². The molecular weight excluding hydrogens is 418 g/mol. The lowest BCUT2D eigenvalue weighted by molar-refractivity contribution is 0.102. The van der Waals surface area contributed by atoms with Crippen molar-refractivity contribution in [2.45, 2.75) is 0 Å². The average Bonchev–Trinajstić information content (AvgIpc) is 2.80. The number of hydrogen-bond donors (Lipinski definition) is 1. The largest absolute Gasteiger partial charge is 0.493 e. The molecule has 0 saturated carbocycles. The number of halogens is 2. The Balaban J connectivity index is 1.60. The van der Waals surface area contributed by atoms with Crippen LogP contribution in [0.15, 0.2) is 60.8 Å². The van der Waals surface area contributed by atoms with E-state index >= 15 is 0 Å². The minimum atomic E-state index is -0.790. The predicted octanol–water partition coefficient (Wildman–Crippen LogP) is 5.37. The molecule has 1 heterocycles. The van der Waals surface area contributed by atoms with Crippen molar-refractivity contribution >= 4 is 22.5 Å². The van der Waals surface area contributed by atoms with E-state index in [0.717, 1.165) is 6.07 Å². The Morgan fingerprint density at radius 1 is 0.969 bits per heavy atom. The first kappa shape index (κ1) is 21.0. The topological polar surface area (TPSA) is 69.7 Å². The van der Waals surface area contributed by atoms with Gasteiger partial charge in [-0.2, -0.15) is 0 Å². The number of aromatic nitrogens is 1. The van der Waals surface area contributed by atoms with Gasteiger partial charge in [0.25, 0.3) is 5.91 Å². The number of nitrogens with one attached hydrogen (secondary N) is 1. The second kappa shape index (κ2) is 8.89. The van der Waals surface area contributed by atoms with Crippen LogP contribution in [0.5, 0.6) is 23.0 Å². The molecule has 0 aliphatic carbocycles. The van der Waals surface area contributed by atoms with Crippen molar-refractivity contribution in [3.63, 3.8) is 0 Å². The van der Waals surface area contributed by atoms with E-state index in [1.807, 2.05) is 0 Å². The fourth-order valence-electron chi connectivity index (χ4n) is 3.11. The number of ether oxygens (including phenoxy) is 3. The molecule has 1 radical (unpaired) electrons. The highest BCUT2D eigenvalue weighted by atomic mass is 19.1. The summed E-state index contributed by atoms with van der Waals surface area (Å²) in [5, 5.41) is 3.05. The molecule has 0 atom stereocenters. The minimum absolute atomic E-state index is 0.0653. The lowest BCUT2D eigenvalue weighted by Crippen LogP contribution is -2.13. The van der Waals surface area contributed by atoms with Gasteiger partial charge in [0.2, 0.25) is 0 Å². The van der Waals surface area contributed by atoms with Crippen LogP contribution in [0.2, 0.25) is 0 Å². The normalized spacial score (nSPS) is 10.6. The predicted molar refractivity (Wildman–Crippen MR) is 115 cm³/mol. The van der Waals surface area contributed by atoms with Crippen LogP contribution in [0.1, 0.15) is 10.4 Å². The van der Waals surface area contributed by atoms with Crippen molar-refractivity contribution in [2.24, 2.45) is 0 Å². The van der Waals surface area contributed by atoms with Gasteiger partial charge in [-0.15, -0.1) is 0 Å². The minimum Gasteiger partial charge on any atom is -0.493 e. The van der Waals surface area contributed by atoms with Crippen LogP contribution >= 0.6 is 0 Å². The van der Waals surface area contributed by atoms with Gasteiger partial charge in [0.05, 0.1) is 25.3 Å². The lowest BCUT2D eigenvalue weighted by atomic mass is 10.1. The Hall–Kier alpha value is -4.20. The third-order valence-corrected chi connectivity index (χ3v) is 4.67. The van der Waals surface area contributed by atoms with Crippen LogP contribution in [-0.2, 0) is 0 Å². The van der Waals surface area contributed by atoms with Crippen LogP contribution in [-0.4, -0.2) is 25.1 Å². The zero-order valence-corrected chi connectivity index (χ0v) is 17.1. The number of carbonyl (C=O) groups excluding carboxylic acids is 1. The molecule has 0 bridgehead atoms. The summed E-state index contributed by atoms with van der Waals surface area (Å²) in [6.45, 7) is 0. The van der Waals surface area contributed by atoms with Crippen molar-refractivity contribution in [3.05, 3.63) is 84.1 Å². The standard InChI is InChI=1S/C24H17F2N2O4/c1-30-22-12-16-19(13-23(22)31-2)27-10-9-20(16)32-21-8-7-14(11-18(21)26)28-24(29)15-5-3-4-6-17(15)25/h3-5,7-13H,1-2H3,(H,28,29). The van der Waals surface area contributed by atoms with E-state index in [4.69, 9.17) is 14.2 Å². The van der Waals surface area contributed by atoms with Gasteiger partial charge in [-0.1, -0.05) is 12.1 Å². The summed E-state index contributed by atoms with van der Waals surface area (Å²) in [6.07, 6.45) is 1.53. The third-order valence-electron chi connectivity index (χ3n) is 4.67. The summed E-state index contributed by atoms with van der Waals surface area (Å²) in [5.41, 5.74) is 0.529. The van der Waals surface area contributed by atoms with Crippen molar-refractivity contribution in [1.82, 2.24) is 4.98 Å². The second-order valence-corrected chi connectivity index (χ2v) is 6.63. The summed E-state index contributed by atoms with van der Waals surface area (Å²) in [6, 6.07) is 15.3. The Bertz CT molecular complexity index is 1310. The zero-order valence-electron chi connectivity index (χ0n) is 17.1. The zero-order chi connectivity index (χ0) is 22.7. The van der Waals surface area contributed by atoms with Gasteiger partial charge in [0.1, 0.15) is 11.6 Å². The van der Waals surface area contributed by atoms with Gasteiger partial charge < -0.3 is 19.5 Å². The average molecular weight is 435 g/mol. The molecule has 161 valence electrons. The van der Waals surface area contributed by atoms with Crippen molar-refractivity contribution < 1.29 is 27.8 Å². The molecule has 4 aromatic rings. The quantitative estimate of drug-likeness (QED) is 0.441. The SMILES string of the molecule is COc1cc2nccc(Oc3ccc(NC(=O)c4ccc[c]c4F)cc3F)c2cc1OC. The number of pyridine rings is 1. The van der Waals surface area contributed by atoms with E-state index in [9.17, 15) is 13.6 Å². The van der Waals surface area contributed by atoms with E-state index in [1.54, 1.807) is 18.2 Å². The van der Waals surface area contributed by atoms with Gasteiger partial charge in [-0.25, -0.2) is 8.78 Å². The maximum Gasteiger partial charge on any atom is 0.258 e. The molecule has 0 fully saturated rings. The highest BCUT2D eigenvalue weighted by molar-refractivity contribution is 6.04. The molecule has 1 N–H and O–H groups in total. The van der Waals surface area contributed by atoms with Crippen LogP contribution in [0.25, 0.3) is 10.9 Å². The maximum absolute atomic E-state index is 14.7. The van der Waals surface area contributed by atoms with Crippen molar-refractivity contribution in [2.75, 3.05) is 19.5 Å². The third kappa shape index (κ3) is 4.15. The number of benzene rings is 3. The van der Waals surface area contributed by atoms with E-state index in [-0.39, 0.29) is 17.0 Å². The van der Waals surface area contributed by atoms with Gasteiger partial charge in [0, 0.05) is 35.5 Å². The van der Waals surface area contributed by atoms with E-state index in [2.05, 4.69) is 16.4 Å². The molecule has 0 unspecified atom stereocenters. The Morgan fingerprint density at radius 3 is 2.47 bits per heavy atom. The summed E-state index contributed by atoms with van der Waals surface area (Å²) in [7, 11) is 3.02. The first-order valence-corrected chi connectivity index (χ1v) is 9.46. The fourth-order valence-corrected chi connectivity index (χ4v) is 3.11. The monoisotopic (exact) mass is 435 g/mol. The first-order chi connectivity index (χ1) is 15.5. The Kier molecular flexibility index (Phi) is 5.85. The molecule has 1 aromatic heterocycles. The van der Waals surface area contributed by atoms with Gasteiger partial charge in [0.15, 0.2) is 23.1 Å². The van der Waals surface area contributed by atoms with Crippen molar-refractivity contribution in [3.8, 4) is 23.0 Å². The van der Waals surface area contributed by atoms with E-state index in [0.29, 0.717) is 28.2 Å². The number of amides is 1. The number of hydrogen-bond acceptors (Lipinski definition) is 5. The molecule has 32 heavy (non-hydrogen) atoms. The first-order valence-electron chi connectivity index (χ1n) is 9.46. The van der Waals surface area contributed by atoms with Crippen LogP contribution < -0.4 is 19.5 Å².